The molecule has 4 saturated heterocycles. The smallest absolute Gasteiger partial charge is 0.187 e. The Labute approximate surface area is 434 Å². The highest BCUT2D eigenvalue weighted by atomic mass is 16.8. The van der Waals surface area contributed by atoms with Crippen LogP contribution in [0.3, 0.4) is 0 Å². The zero-order valence-corrected chi connectivity index (χ0v) is 44.4. The van der Waals surface area contributed by atoms with Crippen LogP contribution in [0.2, 0.25) is 0 Å². The molecule has 28 unspecified atom stereocenters. The first-order valence-electron chi connectivity index (χ1n) is 27.2. The van der Waals surface area contributed by atoms with E-state index in [0.29, 0.717) is 25.2 Å². The predicted molar refractivity (Wildman–Crippen MR) is 259 cm³/mol. The Morgan fingerprint density at radius 1 is 0.595 bits per heavy atom. The maximum absolute atomic E-state index is 12.9. The van der Waals surface area contributed by atoms with Crippen LogP contribution in [0.4, 0.5) is 0 Å². The molecule has 0 aromatic carbocycles. The summed E-state index contributed by atoms with van der Waals surface area (Å²) in [6, 6.07) is 0. The lowest BCUT2D eigenvalue weighted by molar-refractivity contribution is -0.388. The van der Waals surface area contributed by atoms with Crippen LogP contribution in [0.1, 0.15) is 120 Å². The van der Waals surface area contributed by atoms with Gasteiger partial charge >= 0.3 is 0 Å². The SMILES string of the molecule is CC(C)=CCCC(O)(COC1OC(CO)C(O)C(O)C1O)C1CCC2(C)C1CCC1C3(C)CCC(OC4OCC(O)C(OC5OC(CO)C(O)C(O)C5O)C4OC4OC(C)C(O)C(O)C4O)C(C)(C)C3CCC12C. The molecular weight excluding hydrogens is 973 g/mol. The van der Waals surface area contributed by atoms with Gasteiger partial charge in [-0.25, -0.2) is 0 Å². The average molecular weight is 1060 g/mol. The number of allylic oxidation sites excluding steroid dienone is 2. The summed E-state index contributed by atoms with van der Waals surface area (Å²) >= 11 is 0. The number of rotatable bonds is 15. The molecule has 0 spiro atoms. The fourth-order valence-electron chi connectivity index (χ4n) is 16.0. The number of hydrogen-bond donors (Lipinski definition) is 13. The normalized spacial score (nSPS) is 52.3. The van der Waals surface area contributed by atoms with E-state index < -0.39 is 147 Å². The van der Waals surface area contributed by atoms with E-state index in [1.54, 1.807) is 0 Å². The zero-order valence-electron chi connectivity index (χ0n) is 44.4. The third-order valence-electron chi connectivity index (χ3n) is 20.4. The quantitative estimate of drug-likeness (QED) is 0.0724. The van der Waals surface area contributed by atoms with Gasteiger partial charge in [-0.1, -0.05) is 46.3 Å². The Morgan fingerprint density at radius 2 is 1.16 bits per heavy atom. The molecule has 0 aromatic rings. The van der Waals surface area contributed by atoms with Crippen LogP contribution in [0.25, 0.3) is 0 Å². The number of aliphatic hydroxyl groups is 13. The minimum absolute atomic E-state index is 0.120. The molecule has 0 radical (unpaired) electrons. The van der Waals surface area contributed by atoms with E-state index in [0.717, 1.165) is 50.5 Å². The summed E-state index contributed by atoms with van der Waals surface area (Å²) in [5.41, 5.74) is -1.11. The summed E-state index contributed by atoms with van der Waals surface area (Å²) in [6.07, 6.45) is -19.3. The fraction of sp³-hybridized carbons (Fsp3) is 0.962. The number of aliphatic hydroxyl groups excluding tert-OH is 12. The molecule has 0 aromatic heterocycles. The molecular formula is C53H90O21. The monoisotopic (exact) mass is 1060 g/mol. The van der Waals surface area contributed by atoms with E-state index in [1.807, 2.05) is 13.8 Å². The van der Waals surface area contributed by atoms with Crippen molar-refractivity contribution in [2.75, 3.05) is 26.4 Å². The standard InChI is InChI=1S/C53H90O21/c1-24(2)10-9-16-53(66,23-68-45-40(63)38(61)35(58)29(20-54)70-45)27-13-18-51(7)26(27)11-12-32-50(6)17-15-33(49(4,5)31(50)14-19-52(32,51)8)72-48-44(74-46-41(64)37(60)34(57)25(3)69-46)43(28(56)22-67-48)73-47-42(65)39(62)36(59)30(21-55)71-47/h10,25-48,54-66H,9,11-23H2,1-8H3. The Bertz CT molecular complexity index is 1910. The maximum Gasteiger partial charge on any atom is 0.187 e. The Hall–Kier alpha value is -1.10. The number of fused-ring (bicyclic) bond motifs is 5. The van der Waals surface area contributed by atoms with Gasteiger partial charge in [-0.15, -0.1) is 0 Å². The molecule has 0 bridgehead atoms. The first-order valence-corrected chi connectivity index (χ1v) is 27.2. The van der Waals surface area contributed by atoms with Crippen molar-refractivity contribution in [2.24, 2.45) is 45.3 Å². The fourth-order valence-corrected chi connectivity index (χ4v) is 16.0. The summed E-state index contributed by atoms with van der Waals surface area (Å²) < 4.78 is 49.1. The van der Waals surface area contributed by atoms with Gasteiger partial charge in [0.2, 0.25) is 0 Å². The van der Waals surface area contributed by atoms with Crippen molar-refractivity contribution in [3.05, 3.63) is 11.6 Å². The minimum atomic E-state index is -1.83. The van der Waals surface area contributed by atoms with Gasteiger partial charge in [0.25, 0.3) is 0 Å². The van der Waals surface area contributed by atoms with Gasteiger partial charge in [-0.05, 0) is 130 Å². The molecule has 4 saturated carbocycles. The van der Waals surface area contributed by atoms with E-state index in [9.17, 15) is 66.4 Å². The first kappa shape index (κ1) is 59.0. The van der Waals surface area contributed by atoms with Crippen molar-refractivity contribution in [2.45, 2.75) is 248 Å². The second-order valence-corrected chi connectivity index (χ2v) is 25.1. The van der Waals surface area contributed by atoms with Crippen molar-refractivity contribution < 1.29 is 104 Å². The highest BCUT2D eigenvalue weighted by molar-refractivity contribution is 5.19. The number of ether oxygens (including phenoxy) is 8. The molecule has 8 rings (SSSR count). The van der Waals surface area contributed by atoms with Crippen LogP contribution in [0.5, 0.6) is 0 Å². The van der Waals surface area contributed by atoms with Gasteiger partial charge in [-0.2, -0.15) is 0 Å². The minimum Gasteiger partial charge on any atom is -0.394 e. The van der Waals surface area contributed by atoms with Crippen molar-refractivity contribution in [1.29, 1.82) is 0 Å². The van der Waals surface area contributed by atoms with Crippen molar-refractivity contribution >= 4 is 0 Å². The van der Waals surface area contributed by atoms with Gasteiger partial charge < -0.3 is 104 Å². The van der Waals surface area contributed by atoms with Gasteiger partial charge in [0, 0.05) is 0 Å². The molecule has 8 fully saturated rings. The Kier molecular flexibility index (Phi) is 17.9. The van der Waals surface area contributed by atoms with Crippen LogP contribution in [-0.2, 0) is 37.9 Å². The van der Waals surface area contributed by atoms with Gasteiger partial charge in [-0.3, -0.25) is 0 Å². The molecule has 4 heterocycles. The summed E-state index contributed by atoms with van der Waals surface area (Å²) in [6.45, 7) is 15.4. The van der Waals surface area contributed by atoms with Crippen LogP contribution in [-0.4, -0.2) is 221 Å². The summed E-state index contributed by atoms with van der Waals surface area (Å²) in [7, 11) is 0. The Balaban J connectivity index is 1.02. The average Bonchev–Trinajstić information content (AvgIpc) is 3.72. The lowest BCUT2D eigenvalue weighted by atomic mass is 9.35. The zero-order chi connectivity index (χ0) is 54.2. The molecule has 21 nitrogen and oxygen atoms in total. The predicted octanol–water partition coefficient (Wildman–Crippen LogP) is -0.534. The molecule has 4 aliphatic carbocycles. The first-order chi connectivity index (χ1) is 34.7. The van der Waals surface area contributed by atoms with E-state index in [2.05, 4.69) is 40.7 Å². The lowest BCUT2D eigenvalue weighted by Crippen LogP contribution is -2.66. The maximum atomic E-state index is 12.9. The molecule has 13 N–H and O–H groups in total. The second-order valence-electron chi connectivity index (χ2n) is 25.1. The highest BCUT2D eigenvalue weighted by Crippen LogP contribution is 2.76. The summed E-state index contributed by atoms with van der Waals surface area (Å²) in [4.78, 5) is 0. The van der Waals surface area contributed by atoms with Gasteiger partial charge in [0.15, 0.2) is 25.2 Å². The lowest BCUT2D eigenvalue weighted by Gasteiger charge is -2.70. The van der Waals surface area contributed by atoms with Crippen LogP contribution in [0, 0.1) is 45.3 Å². The van der Waals surface area contributed by atoms with Gasteiger partial charge in [0.1, 0.15) is 85.5 Å². The second kappa shape index (κ2) is 22.4. The summed E-state index contributed by atoms with van der Waals surface area (Å²) in [5, 5.41) is 140. The van der Waals surface area contributed by atoms with E-state index in [4.69, 9.17) is 37.9 Å². The molecule has 4 aliphatic heterocycles. The molecule has 21 heteroatoms. The Morgan fingerprint density at radius 3 is 1.78 bits per heavy atom. The molecule has 0 amide bonds. The van der Waals surface area contributed by atoms with Crippen molar-refractivity contribution in [3.63, 3.8) is 0 Å². The number of hydrogen-bond acceptors (Lipinski definition) is 21. The molecule has 428 valence electrons. The molecule has 74 heavy (non-hydrogen) atoms. The van der Waals surface area contributed by atoms with Crippen molar-refractivity contribution in [3.8, 4) is 0 Å². The van der Waals surface area contributed by atoms with E-state index in [-0.39, 0.29) is 47.2 Å². The largest absolute Gasteiger partial charge is 0.394 e. The third kappa shape index (κ3) is 10.4. The molecule has 8 aliphatic rings. The third-order valence-corrected chi connectivity index (χ3v) is 20.4. The summed E-state index contributed by atoms with van der Waals surface area (Å²) in [5.74, 6) is 0.453. The van der Waals surface area contributed by atoms with E-state index in [1.165, 1.54) is 6.92 Å². The van der Waals surface area contributed by atoms with Crippen LogP contribution in [0.15, 0.2) is 11.6 Å². The van der Waals surface area contributed by atoms with E-state index >= 15 is 0 Å². The van der Waals surface area contributed by atoms with Gasteiger partial charge in [0.05, 0.1) is 44.2 Å². The van der Waals surface area contributed by atoms with Crippen LogP contribution < -0.4 is 0 Å². The van der Waals surface area contributed by atoms with Crippen LogP contribution >= 0.6 is 0 Å². The highest BCUT2D eigenvalue weighted by Gasteiger charge is 2.70. The molecule has 28 atom stereocenters. The topological polar surface area (TPSA) is 337 Å². The van der Waals surface area contributed by atoms with Crippen molar-refractivity contribution in [1.82, 2.24) is 0 Å².